The molecule has 3 aromatic rings. The summed E-state index contributed by atoms with van der Waals surface area (Å²) >= 11 is 0. The number of rotatable bonds is 8. The van der Waals surface area contributed by atoms with Gasteiger partial charge in [-0.25, -0.2) is 4.79 Å². The van der Waals surface area contributed by atoms with Crippen molar-refractivity contribution in [3.05, 3.63) is 94.3 Å². The molecule has 0 spiro atoms. The van der Waals surface area contributed by atoms with E-state index < -0.39 is 23.4 Å². The Morgan fingerprint density at radius 2 is 1.87 bits per heavy atom. The number of anilines is 1. The SMILES string of the molecule is O=C(COC(=O)/C=C/c1cnn(Cc2ccccc2)c1)Nc1ccc([N+](=O)[O-])cc1. The minimum atomic E-state index is -0.676. The number of aromatic nitrogens is 2. The van der Waals surface area contributed by atoms with Crippen LogP contribution in [0.25, 0.3) is 6.08 Å². The van der Waals surface area contributed by atoms with Crippen LogP contribution in [0.3, 0.4) is 0 Å². The fourth-order valence-electron chi connectivity index (χ4n) is 2.54. The lowest BCUT2D eigenvalue weighted by Gasteiger charge is -2.05. The van der Waals surface area contributed by atoms with E-state index in [9.17, 15) is 19.7 Å². The minimum absolute atomic E-state index is 0.0864. The molecule has 9 nitrogen and oxygen atoms in total. The number of carbonyl (C=O) groups is 2. The quantitative estimate of drug-likeness (QED) is 0.266. The maximum absolute atomic E-state index is 11.8. The van der Waals surface area contributed by atoms with Crippen LogP contribution in [-0.2, 0) is 20.9 Å². The highest BCUT2D eigenvalue weighted by Gasteiger charge is 2.08. The van der Waals surface area contributed by atoms with Gasteiger partial charge in [0.1, 0.15) is 0 Å². The van der Waals surface area contributed by atoms with Crippen LogP contribution in [0.4, 0.5) is 11.4 Å². The minimum Gasteiger partial charge on any atom is -0.452 e. The van der Waals surface area contributed by atoms with E-state index in [1.807, 2.05) is 30.3 Å². The van der Waals surface area contributed by atoms with Crippen LogP contribution in [0, 0.1) is 10.1 Å². The first-order valence-corrected chi connectivity index (χ1v) is 8.95. The lowest BCUT2D eigenvalue weighted by atomic mass is 10.2. The molecule has 2 aromatic carbocycles. The number of hydrogen-bond donors (Lipinski definition) is 1. The third-order valence-electron chi connectivity index (χ3n) is 3.96. The average molecular weight is 406 g/mol. The Hall–Kier alpha value is -4.27. The molecule has 0 aliphatic heterocycles. The van der Waals surface area contributed by atoms with Crippen LogP contribution >= 0.6 is 0 Å². The predicted octanol–water partition coefficient (Wildman–Crippen LogP) is 3.03. The molecule has 0 atom stereocenters. The summed E-state index contributed by atoms with van der Waals surface area (Å²) in [4.78, 5) is 33.7. The van der Waals surface area contributed by atoms with Gasteiger partial charge >= 0.3 is 5.97 Å². The van der Waals surface area contributed by atoms with Gasteiger partial charge in [-0.2, -0.15) is 5.10 Å². The summed E-state index contributed by atoms with van der Waals surface area (Å²) in [6, 6.07) is 15.2. The molecule has 0 unspecified atom stereocenters. The molecule has 9 heteroatoms. The van der Waals surface area contributed by atoms with E-state index >= 15 is 0 Å². The van der Waals surface area contributed by atoms with Gasteiger partial charge < -0.3 is 10.1 Å². The largest absolute Gasteiger partial charge is 0.452 e. The Morgan fingerprint density at radius 1 is 1.13 bits per heavy atom. The number of nitro benzene ring substituents is 1. The molecule has 0 fully saturated rings. The van der Waals surface area contributed by atoms with Crippen molar-refractivity contribution in [1.29, 1.82) is 0 Å². The molecular weight excluding hydrogens is 388 g/mol. The average Bonchev–Trinajstić information content (AvgIpc) is 3.19. The maximum atomic E-state index is 11.8. The zero-order valence-corrected chi connectivity index (χ0v) is 15.8. The molecule has 0 bridgehead atoms. The molecule has 1 amide bonds. The van der Waals surface area contributed by atoms with Gasteiger partial charge in [0, 0.05) is 35.7 Å². The van der Waals surface area contributed by atoms with Crippen LogP contribution in [0.5, 0.6) is 0 Å². The van der Waals surface area contributed by atoms with Gasteiger partial charge in [0.05, 0.1) is 17.7 Å². The Balaban J connectivity index is 1.44. The highest BCUT2D eigenvalue weighted by molar-refractivity contribution is 5.94. The molecule has 0 saturated heterocycles. The van der Waals surface area contributed by atoms with Crippen LogP contribution in [-0.4, -0.2) is 33.2 Å². The van der Waals surface area contributed by atoms with E-state index in [4.69, 9.17) is 4.74 Å². The molecule has 3 rings (SSSR count). The van der Waals surface area contributed by atoms with Crippen molar-refractivity contribution in [2.45, 2.75) is 6.54 Å². The summed E-state index contributed by atoms with van der Waals surface area (Å²) in [6.45, 7) is 0.134. The smallest absolute Gasteiger partial charge is 0.331 e. The number of benzene rings is 2. The summed E-state index contributed by atoms with van der Waals surface area (Å²) < 4.78 is 6.64. The van der Waals surface area contributed by atoms with E-state index in [2.05, 4.69) is 10.4 Å². The van der Waals surface area contributed by atoms with Crippen molar-refractivity contribution in [1.82, 2.24) is 9.78 Å². The van der Waals surface area contributed by atoms with Crippen molar-refractivity contribution in [2.75, 3.05) is 11.9 Å². The van der Waals surface area contributed by atoms with Gasteiger partial charge in [-0.1, -0.05) is 30.3 Å². The van der Waals surface area contributed by atoms with Crippen molar-refractivity contribution < 1.29 is 19.2 Å². The fourth-order valence-corrected chi connectivity index (χ4v) is 2.54. The number of hydrogen-bond acceptors (Lipinski definition) is 6. The fraction of sp³-hybridized carbons (Fsp3) is 0.0952. The molecule has 1 heterocycles. The van der Waals surface area contributed by atoms with E-state index in [1.54, 1.807) is 23.2 Å². The summed E-state index contributed by atoms with van der Waals surface area (Å²) in [5, 5.41) is 17.3. The summed E-state index contributed by atoms with van der Waals surface area (Å²) in [5.41, 5.74) is 2.10. The zero-order valence-electron chi connectivity index (χ0n) is 15.8. The topological polar surface area (TPSA) is 116 Å². The third kappa shape index (κ3) is 6.13. The van der Waals surface area contributed by atoms with Crippen molar-refractivity contribution >= 4 is 29.3 Å². The van der Waals surface area contributed by atoms with Crippen LogP contribution < -0.4 is 5.32 Å². The Bertz CT molecular complexity index is 1060. The number of non-ortho nitro benzene ring substituents is 1. The highest BCUT2D eigenvalue weighted by Crippen LogP contribution is 2.15. The summed E-state index contributed by atoms with van der Waals surface area (Å²) in [7, 11) is 0. The molecule has 0 radical (unpaired) electrons. The van der Waals surface area contributed by atoms with Crippen LogP contribution in [0.2, 0.25) is 0 Å². The van der Waals surface area contributed by atoms with Crippen molar-refractivity contribution in [2.24, 2.45) is 0 Å². The van der Waals surface area contributed by atoms with E-state index in [0.717, 1.165) is 11.1 Å². The van der Waals surface area contributed by atoms with Crippen molar-refractivity contribution in [3.63, 3.8) is 0 Å². The van der Waals surface area contributed by atoms with Gasteiger partial charge in [-0.15, -0.1) is 0 Å². The Kier molecular flexibility index (Phi) is 6.67. The van der Waals surface area contributed by atoms with Crippen LogP contribution in [0.1, 0.15) is 11.1 Å². The number of esters is 1. The van der Waals surface area contributed by atoms with E-state index in [0.29, 0.717) is 12.2 Å². The van der Waals surface area contributed by atoms with Crippen LogP contribution in [0.15, 0.2) is 73.1 Å². The number of nitro groups is 1. The molecule has 1 aromatic heterocycles. The second kappa shape index (κ2) is 9.78. The molecular formula is C21H18N4O5. The molecule has 0 aliphatic rings. The number of amides is 1. The lowest BCUT2D eigenvalue weighted by Crippen LogP contribution is -2.20. The normalized spacial score (nSPS) is 10.7. The Morgan fingerprint density at radius 3 is 2.57 bits per heavy atom. The predicted molar refractivity (Wildman–Crippen MR) is 109 cm³/mol. The van der Waals surface area contributed by atoms with Gasteiger partial charge in [-0.3, -0.25) is 19.6 Å². The number of nitrogens with zero attached hydrogens (tertiary/aromatic N) is 3. The third-order valence-corrected chi connectivity index (χ3v) is 3.96. The molecule has 1 N–H and O–H groups in total. The van der Waals surface area contributed by atoms with Crippen molar-refractivity contribution in [3.8, 4) is 0 Å². The number of carbonyl (C=O) groups excluding carboxylic acids is 2. The summed E-state index contributed by atoms with van der Waals surface area (Å²) in [6.07, 6.45) is 6.17. The monoisotopic (exact) mass is 406 g/mol. The summed E-state index contributed by atoms with van der Waals surface area (Å²) in [5.74, 6) is -1.23. The lowest BCUT2D eigenvalue weighted by molar-refractivity contribution is -0.384. The maximum Gasteiger partial charge on any atom is 0.331 e. The number of nitrogens with one attached hydrogen (secondary N) is 1. The Labute approximate surface area is 171 Å². The highest BCUT2D eigenvalue weighted by atomic mass is 16.6. The second-order valence-corrected chi connectivity index (χ2v) is 6.25. The first-order valence-electron chi connectivity index (χ1n) is 8.95. The number of ether oxygens (including phenoxy) is 1. The molecule has 0 saturated carbocycles. The zero-order chi connectivity index (χ0) is 21.3. The first kappa shape index (κ1) is 20.5. The van der Waals surface area contributed by atoms with Gasteiger partial charge in [0.15, 0.2) is 6.61 Å². The van der Waals surface area contributed by atoms with E-state index in [1.165, 1.54) is 30.3 Å². The molecule has 30 heavy (non-hydrogen) atoms. The standard InChI is InChI=1S/C21H18N4O5/c26-20(23-18-7-9-19(10-8-18)25(28)29)15-30-21(27)11-6-17-12-22-24(14-17)13-16-4-2-1-3-5-16/h1-12,14H,13,15H2,(H,23,26)/b11-6+. The van der Waals surface area contributed by atoms with Gasteiger partial charge in [-0.05, 0) is 23.8 Å². The van der Waals surface area contributed by atoms with Gasteiger partial charge in [0.25, 0.3) is 11.6 Å². The second-order valence-electron chi connectivity index (χ2n) is 6.25. The van der Waals surface area contributed by atoms with E-state index in [-0.39, 0.29) is 5.69 Å². The molecule has 152 valence electrons. The van der Waals surface area contributed by atoms with Gasteiger partial charge in [0.2, 0.25) is 0 Å². The first-order chi connectivity index (χ1) is 14.5. The molecule has 0 aliphatic carbocycles.